The molecule has 1 unspecified atom stereocenters. The molecule has 1 atom stereocenters. The molecule has 21 heavy (non-hydrogen) atoms. The highest BCUT2D eigenvalue weighted by Gasteiger charge is 2.30. The van der Waals surface area contributed by atoms with Gasteiger partial charge in [-0.05, 0) is 34.3 Å². The third-order valence-corrected chi connectivity index (χ3v) is 5.27. The lowest BCUT2D eigenvalue weighted by Gasteiger charge is -2.15. The van der Waals surface area contributed by atoms with Gasteiger partial charge in [0.15, 0.2) is 0 Å². The van der Waals surface area contributed by atoms with E-state index >= 15 is 0 Å². The predicted molar refractivity (Wildman–Crippen MR) is 79.0 cm³/mol. The van der Waals surface area contributed by atoms with Crippen LogP contribution in [0.15, 0.2) is 13.4 Å². The zero-order valence-electron chi connectivity index (χ0n) is 11.2. The first kappa shape index (κ1) is 16.3. The number of aromatic amines is 1. The van der Waals surface area contributed by atoms with Crippen LogP contribution >= 0.6 is 27.3 Å². The highest BCUT2D eigenvalue weighted by molar-refractivity contribution is 9.11. The first-order chi connectivity index (χ1) is 9.60. The van der Waals surface area contributed by atoms with E-state index in [1.807, 2.05) is 0 Å². The number of H-pyrrole nitrogens is 1. The van der Waals surface area contributed by atoms with Crippen LogP contribution in [0.25, 0.3) is 10.2 Å². The van der Waals surface area contributed by atoms with E-state index in [2.05, 4.69) is 20.9 Å². The summed E-state index contributed by atoms with van der Waals surface area (Å²) in [6.45, 7) is 3.04. The van der Waals surface area contributed by atoms with Crippen molar-refractivity contribution in [1.82, 2.24) is 9.55 Å². The largest absolute Gasteiger partial charge is 0.389 e. The Labute approximate surface area is 129 Å². The third-order valence-electron chi connectivity index (χ3n) is 3.08. The Kier molecular flexibility index (Phi) is 4.34. The Morgan fingerprint density at radius 3 is 2.57 bits per heavy atom. The molecule has 1 N–H and O–H groups in total. The molecule has 0 aromatic carbocycles. The fourth-order valence-electron chi connectivity index (χ4n) is 2.19. The highest BCUT2D eigenvalue weighted by Crippen LogP contribution is 2.33. The van der Waals surface area contributed by atoms with Crippen molar-refractivity contribution in [2.24, 2.45) is 5.92 Å². The predicted octanol–water partition coefficient (Wildman–Crippen LogP) is 3.41. The van der Waals surface area contributed by atoms with Crippen LogP contribution in [0.5, 0.6) is 0 Å². The van der Waals surface area contributed by atoms with Gasteiger partial charge in [-0.25, -0.2) is 4.79 Å². The molecule has 2 heterocycles. The van der Waals surface area contributed by atoms with Crippen LogP contribution in [-0.2, 0) is 6.54 Å². The molecular formula is C12H12BrF3N2O2S. The molecule has 116 valence electrons. The van der Waals surface area contributed by atoms with Gasteiger partial charge in [0.2, 0.25) is 0 Å². The summed E-state index contributed by atoms with van der Waals surface area (Å²) < 4.78 is 39.1. The maximum absolute atomic E-state index is 12.4. The van der Waals surface area contributed by atoms with E-state index in [4.69, 9.17) is 0 Å². The second-order valence-corrected chi connectivity index (χ2v) is 7.29. The first-order valence-electron chi connectivity index (χ1n) is 6.08. The van der Waals surface area contributed by atoms with Gasteiger partial charge in [0.1, 0.15) is 4.83 Å². The highest BCUT2D eigenvalue weighted by atomic mass is 79.9. The van der Waals surface area contributed by atoms with E-state index in [0.29, 0.717) is 19.6 Å². The van der Waals surface area contributed by atoms with Crippen LogP contribution in [0.1, 0.15) is 18.9 Å². The van der Waals surface area contributed by atoms with Gasteiger partial charge < -0.3 is 0 Å². The third kappa shape index (κ3) is 3.39. The monoisotopic (exact) mass is 384 g/mol. The normalized spacial score (nSPS) is 13.8. The molecule has 0 aliphatic rings. The van der Waals surface area contributed by atoms with Crippen LogP contribution in [-0.4, -0.2) is 15.7 Å². The van der Waals surface area contributed by atoms with Gasteiger partial charge in [-0.3, -0.25) is 14.3 Å². The summed E-state index contributed by atoms with van der Waals surface area (Å²) in [5.41, 5.74) is -0.530. The molecular weight excluding hydrogens is 373 g/mol. The Hall–Kier alpha value is -1.09. The number of aryl methyl sites for hydroxylation is 1. The maximum atomic E-state index is 12.4. The lowest BCUT2D eigenvalue weighted by atomic mass is 10.1. The minimum Gasteiger partial charge on any atom is -0.284 e. The molecule has 9 heteroatoms. The van der Waals surface area contributed by atoms with Crippen molar-refractivity contribution in [2.45, 2.75) is 33.0 Å². The van der Waals surface area contributed by atoms with Gasteiger partial charge in [-0.1, -0.05) is 6.92 Å². The zero-order chi connectivity index (χ0) is 15.9. The SMILES string of the molecule is Cc1c(Br)sc2c1c(=O)[nH]c(=O)n2CC(C)CC(F)(F)F. The van der Waals surface area contributed by atoms with E-state index in [-0.39, 0.29) is 6.54 Å². The van der Waals surface area contributed by atoms with Crippen LogP contribution in [0.3, 0.4) is 0 Å². The molecule has 0 aliphatic carbocycles. The number of thiophene rings is 1. The van der Waals surface area contributed by atoms with Crippen LogP contribution < -0.4 is 11.2 Å². The lowest BCUT2D eigenvalue weighted by molar-refractivity contribution is -0.144. The Bertz CT molecular complexity index is 791. The second-order valence-electron chi connectivity index (χ2n) is 4.98. The van der Waals surface area contributed by atoms with Gasteiger partial charge in [-0.2, -0.15) is 13.2 Å². The van der Waals surface area contributed by atoms with E-state index in [1.165, 1.54) is 22.8 Å². The summed E-state index contributed by atoms with van der Waals surface area (Å²) in [5.74, 6) is -0.766. The van der Waals surface area contributed by atoms with E-state index in [1.54, 1.807) is 6.92 Å². The van der Waals surface area contributed by atoms with Gasteiger partial charge in [0, 0.05) is 13.0 Å². The molecule has 2 aromatic rings. The van der Waals surface area contributed by atoms with Crippen molar-refractivity contribution in [1.29, 1.82) is 0 Å². The second kappa shape index (κ2) is 5.60. The molecule has 0 saturated carbocycles. The van der Waals surface area contributed by atoms with Crippen molar-refractivity contribution in [3.63, 3.8) is 0 Å². The molecule has 0 bridgehead atoms. The molecule has 0 aliphatic heterocycles. The molecule has 0 radical (unpaired) electrons. The summed E-state index contributed by atoms with van der Waals surface area (Å²) in [6.07, 6.45) is -5.26. The van der Waals surface area contributed by atoms with Crippen molar-refractivity contribution in [2.75, 3.05) is 0 Å². The van der Waals surface area contributed by atoms with Crippen molar-refractivity contribution in [3.05, 3.63) is 30.2 Å². The molecule has 0 amide bonds. The number of alkyl halides is 3. The fourth-order valence-corrected chi connectivity index (χ4v) is 3.88. The number of fused-ring (bicyclic) bond motifs is 1. The van der Waals surface area contributed by atoms with Gasteiger partial charge in [0.05, 0.1) is 9.17 Å². The fraction of sp³-hybridized carbons (Fsp3) is 0.500. The summed E-state index contributed by atoms with van der Waals surface area (Å²) in [4.78, 5) is 26.3. The topological polar surface area (TPSA) is 54.9 Å². The summed E-state index contributed by atoms with van der Waals surface area (Å²) >= 11 is 4.46. The molecule has 0 fully saturated rings. The molecule has 0 saturated heterocycles. The van der Waals surface area contributed by atoms with Crippen LogP contribution in [0, 0.1) is 12.8 Å². The standard InChI is InChI=1S/C12H12BrF3N2O2S/c1-5(3-12(14,15)16)4-18-10-7(6(2)8(13)21-10)9(19)17-11(18)20/h5H,3-4H2,1-2H3,(H,17,19,20). The van der Waals surface area contributed by atoms with Crippen LogP contribution in [0.4, 0.5) is 13.2 Å². The number of nitrogens with zero attached hydrogens (tertiary/aromatic N) is 1. The number of aromatic nitrogens is 2. The van der Waals surface area contributed by atoms with Gasteiger partial charge in [0.25, 0.3) is 5.56 Å². The molecule has 2 aromatic heterocycles. The van der Waals surface area contributed by atoms with Crippen molar-refractivity contribution >= 4 is 37.5 Å². The smallest absolute Gasteiger partial charge is 0.284 e. The zero-order valence-corrected chi connectivity index (χ0v) is 13.6. The maximum Gasteiger partial charge on any atom is 0.389 e. The van der Waals surface area contributed by atoms with E-state index in [9.17, 15) is 22.8 Å². The molecule has 4 nitrogen and oxygen atoms in total. The number of hydrogen-bond donors (Lipinski definition) is 1. The average Bonchev–Trinajstić information content (AvgIpc) is 2.59. The number of nitrogens with one attached hydrogen (secondary N) is 1. The number of rotatable bonds is 3. The Balaban J connectivity index is 2.52. The summed E-state index contributed by atoms with van der Waals surface area (Å²) in [7, 11) is 0. The van der Waals surface area contributed by atoms with Crippen molar-refractivity contribution in [3.8, 4) is 0 Å². The quantitative estimate of drug-likeness (QED) is 0.881. The van der Waals surface area contributed by atoms with E-state index < -0.39 is 29.8 Å². The minimum absolute atomic E-state index is 0.0992. The number of hydrogen-bond acceptors (Lipinski definition) is 3. The summed E-state index contributed by atoms with van der Waals surface area (Å²) in [5, 5.41) is 0.339. The van der Waals surface area contributed by atoms with Gasteiger partial charge in [-0.15, -0.1) is 11.3 Å². The Morgan fingerprint density at radius 2 is 2.00 bits per heavy atom. The lowest BCUT2D eigenvalue weighted by Crippen LogP contribution is -2.32. The molecule has 2 rings (SSSR count). The van der Waals surface area contributed by atoms with E-state index in [0.717, 1.165) is 0 Å². The number of halogens is 4. The minimum atomic E-state index is -4.28. The Morgan fingerprint density at radius 1 is 1.38 bits per heavy atom. The first-order valence-corrected chi connectivity index (χ1v) is 7.69. The van der Waals surface area contributed by atoms with Crippen LogP contribution in [0.2, 0.25) is 0 Å². The average molecular weight is 385 g/mol. The van der Waals surface area contributed by atoms with Crippen molar-refractivity contribution < 1.29 is 13.2 Å². The molecule has 0 spiro atoms. The summed E-state index contributed by atoms with van der Waals surface area (Å²) in [6, 6.07) is 0. The van der Waals surface area contributed by atoms with Gasteiger partial charge >= 0.3 is 11.9 Å².